The van der Waals surface area contributed by atoms with Crippen molar-refractivity contribution in [1.82, 2.24) is 5.32 Å². The van der Waals surface area contributed by atoms with Crippen LogP contribution in [-0.2, 0) is 14.3 Å². The minimum atomic E-state index is -0.361. The first-order valence-corrected chi connectivity index (χ1v) is 9.52. The minimum Gasteiger partial charge on any atom is -0.466 e. The highest BCUT2D eigenvalue weighted by atomic mass is 16.5. The molecule has 1 fully saturated rings. The number of carbonyl (C=O) groups is 2. The molecule has 0 radical (unpaired) electrons. The Bertz CT molecular complexity index is 548. The molecule has 25 heavy (non-hydrogen) atoms. The summed E-state index contributed by atoms with van der Waals surface area (Å²) in [5, 5.41) is 3.13. The van der Waals surface area contributed by atoms with Gasteiger partial charge >= 0.3 is 5.97 Å². The van der Waals surface area contributed by atoms with Crippen molar-refractivity contribution in [3.8, 4) is 0 Å². The van der Waals surface area contributed by atoms with E-state index in [4.69, 9.17) is 4.74 Å². The smallest absolute Gasteiger partial charge is 0.309 e. The third-order valence-electron chi connectivity index (χ3n) is 5.16. The van der Waals surface area contributed by atoms with E-state index >= 15 is 0 Å². The Hall–Kier alpha value is -1.84. The van der Waals surface area contributed by atoms with Gasteiger partial charge in [-0.15, -0.1) is 0 Å². The molecule has 1 atom stereocenters. The van der Waals surface area contributed by atoms with E-state index in [0.29, 0.717) is 12.5 Å². The fraction of sp³-hybridized carbons (Fsp3) is 0.619. The molecular formula is C21H31NO3. The van der Waals surface area contributed by atoms with Crippen molar-refractivity contribution in [2.75, 3.05) is 6.61 Å². The number of hydrogen-bond acceptors (Lipinski definition) is 3. The predicted octanol–water partition coefficient (Wildman–Crippen LogP) is 4.05. The van der Waals surface area contributed by atoms with Crippen molar-refractivity contribution in [2.24, 2.45) is 11.8 Å². The average molecular weight is 345 g/mol. The first kappa shape index (κ1) is 19.5. The maximum Gasteiger partial charge on any atom is 0.309 e. The van der Waals surface area contributed by atoms with E-state index in [-0.39, 0.29) is 36.2 Å². The maximum atomic E-state index is 12.4. The van der Waals surface area contributed by atoms with E-state index in [1.807, 2.05) is 19.9 Å². The zero-order valence-electron chi connectivity index (χ0n) is 15.7. The molecule has 1 aromatic rings. The van der Waals surface area contributed by atoms with Gasteiger partial charge < -0.3 is 10.1 Å². The molecule has 1 aliphatic carbocycles. The number of esters is 1. The maximum absolute atomic E-state index is 12.4. The number of amides is 1. The summed E-state index contributed by atoms with van der Waals surface area (Å²) in [5.41, 5.74) is 1.40. The summed E-state index contributed by atoms with van der Waals surface area (Å²) in [6.07, 6.45) is 4.41. The lowest BCUT2D eigenvalue weighted by Crippen LogP contribution is -2.39. The molecule has 4 heteroatoms. The van der Waals surface area contributed by atoms with Crippen LogP contribution < -0.4 is 5.32 Å². The molecular weight excluding hydrogens is 314 g/mol. The molecule has 0 heterocycles. The lowest BCUT2D eigenvalue weighted by Gasteiger charge is -2.30. The van der Waals surface area contributed by atoms with E-state index in [9.17, 15) is 9.59 Å². The Morgan fingerprint density at radius 2 is 1.76 bits per heavy atom. The van der Waals surface area contributed by atoms with Gasteiger partial charge in [0.25, 0.3) is 0 Å². The summed E-state index contributed by atoms with van der Waals surface area (Å²) in [6.45, 7) is 6.06. The molecule has 0 saturated heterocycles. The number of benzene rings is 1. The molecule has 0 aromatic heterocycles. The second kappa shape index (κ2) is 9.59. The van der Waals surface area contributed by atoms with Crippen LogP contribution in [0.5, 0.6) is 0 Å². The summed E-state index contributed by atoms with van der Waals surface area (Å²) in [7, 11) is 0. The summed E-state index contributed by atoms with van der Waals surface area (Å²) in [5.74, 6) is 0.0341. The number of ether oxygens (including phenoxy) is 1. The Morgan fingerprint density at radius 1 is 1.12 bits per heavy atom. The second-order valence-electron chi connectivity index (χ2n) is 7.33. The molecule has 1 N–H and O–H groups in total. The van der Waals surface area contributed by atoms with Crippen molar-refractivity contribution in [3.05, 3.63) is 35.9 Å². The number of hydrogen-bond donors (Lipinski definition) is 1. The summed E-state index contributed by atoms with van der Waals surface area (Å²) in [6, 6.07) is 10.8. The first-order chi connectivity index (χ1) is 12.0. The minimum absolute atomic E-state index is 0.0325. The van der Waals surface area contributed by atoms with Gasteiger partial charge in [0.2, 0.25) is 5.91 Å². The zero-order chi connectivity index (χ0) is 18.2. The van der Waals surface area contributed by atoms with E-state index < -0.39 is 0 Å². The average Bonchev–Trinajstić information content (AvgIpc) is 2.61. The number of carbonyl (C=O) groups excluding carboxylic acids is 2. The van der Waals surface area contributed by atoms with E-state index in [2.05, 4.69) is 29.6 Å². The molecule has 1 saturated carbocycles. The monoisotopic (exact) mass is 345 g/mol. The summed E-state index contributed by atoms with van der Waals surface area (Å²) in [4.78, 5) is 24.4. The van der Waals surface area contributed by atoms with Gasteiger partial charge in [-0.05, 0) is 50.0 Å². The van der Waals surface area contributed by atoms with Gasteiger partial charge in [0.15, 0.2) is 0 Å². The van der Waals surface area contributed by atoms with Crippen LogP contribution >= 0.6 is 0 Å². The molecule has 1 aliphatic rings. The Balaban J connectivity index is 1.80. The Morgan fingerprint density at radius 3 is 2.32 bits per heavy atom. The van der Waals surface area contributed by atoms with Crippen molar-refractivity contribution < 1.29 is 14.3 Å². The van der Waals surface area contributed by atoms with Crippen LogP contribution in [0.25, 0.3) is 0 Å². The van der Waals surface area contributed by atoms with E-state index in [0.717, 1.165) is 25.7 Å². The van der Waals surface area contributed by atoms with E-state index in [1.165, 1.54) is 5.56 Å². The van der Waals surface area contributed by atoms with Crippen LogP contribution in [0.1, 0.15) is 64.4 Å². The molecule has 1 aromatic carbocycles. The van der Waals surface area contributed by atoms with Crippen LogP contribution in [0.15, 0.2) is 30.3 Å². The normalized spacial score (nSPS) is 21.6. The number of rotatable bonds is 7. The third kappa shape index (κ3) is 5.87. The first-order valence-electron chi connectivity index (χ1n) is 9.52. The molecule has 0 bridgehead atoms. The highest BCUT2D eigenvalue weighted by Gasteiger charge is 2.28. The van der Waals surface area contributed by atoms with Gasteiger partial charge in [-0.2, -0.15) is 0 Å². The van der Waals surface area contributed by atoms with Gasteiger partial charge in [-0.1, -0.05) is 44.2 Å². The number of nitrogens with one attached hydrogen (secondary N) is 1. The van der Waals surface area contributed by atoms with Gasteiger partial charge in [-0.3, -0.25) is 9.59 Å². The van der Waals surface area contributed by atoms with Crippen molar-refractivity contribution in [2.45, 2.75) is 64.8 Å². The highest BCUT2D eigenvalue weighted by molar-refractivity contribution is 5.83. The van der Waals surface area contributed by atoms with Gasteiger partial charge in [0, 0.05) is 12.5 Å². The van der Waals surface area contributed by atoms with Crippen LogP contribution in [0.4, 0.5) is 0 Å². The SMILES string of the molecule is CCOC(=O)C(CC(=O)NC1CCC(c2ccccc2)CC1)C(C)C. The Labute approximate surface area is 151 Å². The highest BCUT2D eigenvalue weighted by Crippen LogP contribution is 2.32. The van der Waals surface area contributed by atoms with Gasteiger partial charge in [0.1, 0.15) is 0 Å². The lowest BCUT2D eigenvalue weighted by atomic mass is 9.81. The molecule has 0 spiro atoms. The molecule has 0 aliphatic heterocycles. The zero-order valence-corrected chi connectivity index (χ0v) is 15.7. The molecule has 4 nitrogen and oxygen atoms in total. The topological polar surface area (TPSA) is 55.4 Å². The molecule has 1 unspecified atom stereocenters. The summed E-state index contributed by atoms with van der Waals surface area (Å²) < 4.78 is 5.10. The fourth-order valence-corrected chi connectivity index (χ4v) is 3.62. The van der Waals surface area contributed by atoms with Crippen LogP contribution in [0.3, 0.4) is 0 Å². The molecule has 2 rings (SSSR count). The predicted molar refractivity (Wildman–Crippen MR) is 99.2 cm³/mol. The van der Waals surface area contributed by atoms with Gasteiger partial charge in [0.05, 0.1) is 12.5 Å². The van der Waals surface area contributed by atoms with Crippen molar-refractivity contribution in [3.63, 3.8) is 0 Å². The van der Waals surface area contributed by atoms with Crippen LogP contribution in [-0.4, -0.2) is 24.5 Å². The van der Waals surface area contributed by atoms with Crippen LogP contribution in [0, 0.1) is 11.8 Å². The molecule has 1 amide bonds. The van der Waals surface area contributed by atoms with Crippen molar-refractivity contribution in [1.29, 1.82) is 0 Å². The Kier molecular flexibility index (Phi) is 7.48. The second-order valence-corrected chi connectivity index (χ2v) is 7.33. The third-order valence-corrected chi connectivity index (χ3v) is 5.16. The largest absolute Gasteiger partial charge is 0.466 e. The van der Waals surface area contributed by atoms with Crippen LogP contribution in [0.2, 0.25) is 0 Å². The fourth-order valence-electron chi connectivity index (χ4n) is 3.62. The molecule has 138 valence electrons. The van der Waals surface area contributed by atoms with Crippen molar-refractivity contribution >= 4 is 11.9 Å². The van der Waals surface area contributed by atoms with E-state index in [1.54, 1.807) is 6.92 Å². The summed E-state index contributed by atoms with van der Waals surface area (Å²) >= 11 is 0. The standard InChI is InChI=1S/C21H31NO3/c1-4-25-21(24)19(15(2)3)14-20(23)22-18-12-10-17(11-13-18)16-8-6-5-7-9-16/h5-9,15,17-19H,4,10-14H2,1-3H3,(H,22,23). The quantitative estimate of drug-likeness (QED) is 0.758. The van der Waals surface area contributed by atoms with Gasteiger partial charge in [-0.25, -0.2) is 0 Å². The lowest BCUT2D eigenvalue weighted by molar-refractivity contribution is -0.151.